The highest BCUT2D eigenvalue weighted by Crippen LogP contribution is 2.63. The molecule has 1 aromatic carbocycles. The molecule has 0 amide bonds. The van der Waals surface area contributed by atoms with Gasteiger partial charge in [-0.25, -0.2) is 0 Å². The quantitative estimate of drug-likeness (QED) is 0.544. The van der Waals surface area contributed by atoms with E-state index >= 15 is 0 Å². The lowest BCUT2D eigenvalue weighted by Gasteiger charge is -2.58. The number of carboxylic acid groups (broad SMARTS) is 1. The highest BCUT2D eigenvalue weighted by molar-refractivity contribution is 5.75. The Bertz CT molecular complexity index is 684. The summed E-state index contributed by atoms with van der Waals surface area (Å²) in [6.45, 7) is 23.5. The van der Waals surface area contributed by atoms with Crippen molar-refractivity contribution in [3.63, 3.8) is 0 Å². The molecule has 0 saturated carbocycles. The maximum Gasteiger partial charge on any atom is 0.309 e. The zero-order valence-corrected chi connectivity index (χ0v) is 19.9. The van der Waals surface area contributed by atoms with Crippen LogP contribution in [0.15, 0.2) is 24.3 Å². The molecule has 0 bridgehead atoms. The van der Waals surface area contributed by atoms with Crippen molar-refractivity contribution >= 4 is 5.97 Å². The fourth-order valence-electron chi connectivity index (χ4n) is 5.36. The molecule has 0 aliphatic rings. The van der Waals surface area contributed by atoms with Gasteiger partial charge in [0.15, 0.2) is 0 Å². The average Bonchev–Trinajstić information content (AvgIpc) is 2.45. The van der Waals surface area contributed by atoms with Crippen molar-refractivity contribution in [2.75, 3.05) is 0 Å². The first kappa shape index (κ1) is 24.5. The third-order valence-electron chi connectivity index (χ3n) is 7.16. The lowest BCUT2D eigenvalue weighted by molar-refractivity contribution is -0.170. The fraction of sp³-hybridized carbons (Fsp3) is 0.720. The van der Waals surface area contributed by atoms with Gasteiger partial charge >= 0.3 is 5.97 Å². The summed E-state index contributed by atoms with van der Waals surface area (Å²) in [6.07, 6.45) is 0.595. The molecule has 0 radical (unpaired) electrons. The van der Waals surface area contributed by atoms with Crippen LogP contribution in [0.2, 0.25) is 0 Å². The maximum atomic E-state index is 12.6. The number of phenols is 1. The van der Waals surface area contributed by atoms with Crippen molar-refractivity contribution < 1.29 is 15.0 Å². The monoisotopic (exact) mass is 390 g/mol. The molecule has 2 N–H and O–H groups in total. The van der Waals surface area contributed by atoms with Gasteiger partial charge < -0.3 is 10.2 Å². The van der Waals surface area contributed by atoms with Crippen LogP contribution >= 0.6 is 0 Å². The highest BCUT2D eigenvalue weighted by atomic mass is 16.4. The molecular weight excluding hydrogens is 348 g/mol. The normalized spacial score (nSPS) is 17.1. The van der Waals surface area contributed by atoms with Gasteiger partial charge in [-0.1, -0.05) is 81.4 Å². The summed E-state index contributed by atoms with van der Waals surface area (Å²) in [5, 5.41) is 20.1. The maximum absolute atomic E-state index is 12.6. The standard InChI is InChI=1S/C25H42O3/c1-21(2,3)16-25(11,20(27)28)24(9,10)23(7,8)19(22(4,5)6)17-12-14-18(26)15-13-17/h12-15,19,26H,16H2,1-11H3,(H,27,28). The van der Waals surface area contributed by atoms with Crippen LogP contribution in [0.4, 0.5) is 0 Å². The average molecular weight is 391 g/mol. The molecule has 160 valence electrons. The van der Waals surface area contributed by atoms with Gasteiger partial charge in [0.25, 0.3) is 0 Å². The van der Waals surface area contributed by atoms with Gasteiger partial charge in [-0.3, -0.25) is 4.79 Å². The molecule has 0 aliphatic heterocycles. The van der Waals surface area contributed by atoms with E-state index < -0.39 is 16.8 Å². The number of carbonyl (C=O) groups is 1. The number of benzene rings is 1. The molecule has 1 aromatic rings. The number of hydrogen-bond donors (Lipinski definition) is 2. The smallest absolute Gasteiger partial charge is 0.309 e. The molecule has 2 atom stereocenters. The fourth-order valence-corrected chi connectivity index (χ4v) is 5.36. The molecule has 0 saturated heterocycles. The third-order valence-corrected chi connectivity index (χ3v) is 7.16. The molecule has 0 aromatic heterocycles. The van der Waals surface area contributed by atoms with E-state index in [1.54, 1.807) is 12.1 Å². The number of carboxylic acids is 1. The Morgan fingerprint density at radius 2 is 1.29 bits per heavy atom. The number of aromatic hydroxyl groups is 1. The van der Waals surface area contributed by atoms with E-state index in [4.69, 9.17) is 0 Å². The first-order valence-electron chi connectivity index (χ1n) is 10.3. The minimum Gasteiger partial charge on any atom is -0.508 e. The van der Waals surface area contributed by atoms with Crippen LogP contribution in [-0.2, 0) is 4.79 Å². The lowest BCUT2D eigenvalue weighted by Crippen LogP contribution is -2.55. The molecule has 28 heavy (non-hydrogen) atoms. The zero-order valence-electron chi connectivity index (χ0n) is 19.9. The first-order chi connectivity index (χ1) is 12.3. The number of hydrogen-bond acceptors (Lipinski definition) is 2. The summed E-state index contributed by atoms with van der Waals surface area (Å²) in [7, 11) is 0. The van der Waals surface area contributed by atoms with E-state index in [1.807, 2.05) is 19.1 Å². The molecular formula is C25H42O3. The Kier molecular flexibility index (Phi) is 6.47. The predicted molar refractivity (Wildman–Crippen MR) is 118 cm³/mol. The summed E-state index contributed by atoms with van der Waals surface area (Å²) >= 11 is 0. The summed E-state index contributed by atoms with van der Waals surface area (Å²) in [6, 6.07) is 7.40. The minimum atomic E-state index is -0.894. The van der Waals surface area contributed by atoms with Gasteiger partial charge in [0.2, 0.25) is 0 Å². The Hall–Kier alpha value is -1.51. The van der Waals surface area contributed by atoms with Crippen LogP contribution in [0, 0.1) is 27.1 Å². The molecule has 0 fully saturated rings. The number of rotatable bonds is 6. The van der Waals surface area contributed by atoms with E-state index in [1.165, 1.54) is 0 Å². The van der Waals surface area contributed by atoms with Crippen LogP contribution < -0.4 is 0 Å². The zero-order chi connectivity index (χ0) is 22.3. The molecule has 3 nitrogen and oxygen atoms in total. The first-order valence-corrected chi connectivity index (χ1v) is 10.3. The van der Waals surface area contributed by atoms with Crippen molar-refractivity contribution in [3.8, 4) is 5.75 Å². The van der Waals surface area contributed by atoms with E-state index in [2.05, 4.69) is 69.2 Å². The van der Waals surface area contributed by atoms with Crippen LogP contribution in [0.3, 0.4) is 0 Å². The van der Waals surface area contributed by atoms with Gasteiger partial charge in [0, 0.05) is 0 Å². The second-order valence-corrected chi connectivity index (χ2v) is 12.1. The van der Waals surface area contributed by atoms with Gasteiger partial charge in [-0.15, -0.1) is 0 Å². The SMILES string of the molecule is CC(C)(C)CC(C)(C(=O)O)C(C)(C)C(C)(C)C(c1ccc(O)cc1)C(C)(C)C. The Balaban J connectivity index is 3.67. The van der Waals surface area contributed by atoms with Crippen LogP contribution in [0.5, 0.6) is 5.75 Å². The van der Waals surface area contributed by atoms with Gasteiger partial charge in [-0.05, 0) is 58.6 Å². The second-order valence-electron chi connectivity index (χ2n) is 12.1. The molecule has 1 rings (SSSR count). The number of phenolic OH excluding ortho intramolecular Hbond substituents is 1. The Morgan fingerprint density at radius 3 is 1.61 bits per heavy atom. The van der Waals surface area contributed by atoms with E-state index in [9.17, 15) is 15.0 Å². The van der Waals surface area contributed by atoms with Crippen LogP contribution in [0.25, 0.3) is 0 Å². The summed E-state index contributed by atoms with van der Waals surface area (Å²) in [5.41, 5.74) is -0.785. The van der Waals surface area contributed by atoms with Gasteiger partial charge in [0.05, 0.1) is 5.41 Å². The summed E-state index contributed by atoms with van der Waals surface area (Å²) in [4.78, 5) is 12.6. The summed E-state index contributed by atoms with van der Waals surface area (Å²) in [5.74, 6) is -0.385. The van der Waals surface area contributed by atoms with E-state index in [0.29, 0.717) is 6.42 Å². The molecule has 3 heteroatoms. The Labute approximate surface area is 172 Å². The molecule has 0 aliphatic carbocycles. The second kappa shape index (κ2) is 7.39. The van der Waals surface area contributed by atoms with Crippen molar-refractivity contribution in [1.82, 2.24) is 0 Å². The topological polar surface area (TPSA) is 57.5 Å². The van der Waals surface area contributed by atoms with Crippen LogP contribution in [0.1, 0.15) is 94.1 Å². The largest absolute Gasteiger partial charge is 0.508 e. The van der Waals surface area contributed by atoms with Gasteiger partial charge in [-0.2, -0.15) is 0 Å². The Morgan fingerprint density at radius 1 is 0.857 bits per heavy atom. The lowest BCUT2D eigenvalue weighted by atomic mass is 9.45. The minimum absolute atomic E-state index is 0.0844. The van der Waals surface area contributed by atoms with Crippen molar-refractivity contribution in [1.29, 1.82) is 0 Å². The number of aliphatic carboxylic acids is 1. The van der Waals surface area contributed by atoms with Crippen LogP contribution in [-0.4, -0.2) is 16.2 Å². The molecule has 0 heterocycles. The van der Waals surface area contributed by atoms with E-state index in [0.717, 1.165) is 5.56 Å². The highest BCUT2D eigenvalue weighted by Gasteiger charge is 2.59. The van der Waals surface area contributed by atoms with E-state index in [-0.39, 0.29) is 27.9 Å². The van der Waals surface area contributed by atoms with Gasteiger partial charge in [0.1, 0.15) is 5.75 Å². The third kappa shape index (κ3) is 4.55. The van der Waals surface area contributed by atoms with Crippen molar-refractivity contribution in [3.05, 3.63) is 29.8 Å². The predicted octanol–water partition coefficient (Wildman–Crippen LogP) is 7.10. The van der Waals surface area contributed by atoms with Crippen molar-refractivity contribution in [2.45, 2.75) is 88.5 Å². The molecule has 2 unspecified atom stereocenters. The summed E-state index contributed by atoms with van der Waals surface area (Å²) < 4.78 is 0. The molecule has 0 spiro atoms. The van der Waals surface area contributed by atoms with Crippen molar-refractivity contribution in [2.24, 2.45) is 27.1 Å².